The summed E-state index contributed by atoms with van der Waals surface area (Å²) >= 11 is 0. The van der Waals surface area contributed by atoms with Gasteiger partial charge in [0.05, 0.1) is 12.7 Å². The lowest BCUT2D eigenvalue weighted by atomic mass is 9.90. The van der Waals surface area contributed by atoms with Gasteiger partial charge in [0.25, 0.3) is 0 Å². The topological polar surface area (TPSA) is 78.3 Å². The lowest BCUT2D eigenvalue weighted by Gasteiger charge is -2.31. The fourth-order valence-corrected chi connectivity index (χ4v) is 1.07. The average molecular weight is 158 g/mol. The predicted molar refractivity (Wildman–Crippen MR) is 40.8 cm³/mol. The minimum Gasteiger partial charge on any atom is -0.378 e. The Morgan fingerprint density at radius 2 is 2.18 bits per heavy atom. The number of hydrogen-bond donors (Lipinski definition) is 2. The van der Waals surface area contributed by atoms with E-state index in [1.54, 1.807) is 0 Å². The highest BCUT2D eigenvalue weighted by Crippen LogP contribution is 2.20. The Morgan fingerprint density at radius 1 is 1.55 bits per heavy atom. The van der Waals surface area contributed by atoms with Crippen LogP contribution in [0.3, 0.4) is 0 Å². The van der Waals surface area contributed by atoms with E-state index in [4.69, 9.17) is 16.2 Å². The summed E-state index contributed by atoms with van der Waals surface area (Å²) in [7, 11) is 0. The van der Waals surface area contributed by atoms with Gasteiger partial charge in [0.2, 0.25) is 5.91 Å². The van der Waals surface area contributed by atoms with E-state index in [1.807, 2.05) is 0 Å². The summed E-state index contributed by atoms with van der Waals surface area (Å²) in [6.45, 7) is 0.437. The van der Waals surface area contributed by atoms with Crippen molar-refractivity contribution in [2.75, 3.05) is 6.61 Å². The van der Waals surface area contributed by atoms with Crippen LogP contribution in [0.25, 0.3) is 0 Å². The van der Waals surface area contributed by atoms with Crippen LogP contribution in [0, 0.1) is 0 Å². The van der Waals surface area contributed by atoms with Crippen molar-refractivity contribution in [3.05, 3.63) is 0 Å². The molecule has 0 radical (unpaired) electrons. The molecule has 0 aliphatic heterocycles. The molecule has 0 atom stereocenters. The smallest absolute Gasteiger partial charge is 0.219 e. The molecule has 64 valence electrons. The fraction of sp³-hybridized carbons (Fsp3) is 0.857. The van der Waals surface area contributed by atoms with E-state index in [0.717, 1.165) is 12.8 Å². The van der Waals surface area contributed by atoms with Crippen molar-refractivity contribution >= 4 is 5.91 Å². The van der Waals surface area contributed by atoms with Crippen molar-refractivity contribution in [1.82, 2.24) is 0 Å². The number of ether oxygens (including phenoxy) is 1. The van der Waals surface area contributed by atoms with Gasteiger partial charge < -0.3 is 16.2 Å². The van der Waals surface area contributed by atoms with Crippen LogP contribution < -0.4 is 11.5 Å². The monoisotopic (exact) mass is 158 g/mol. The van der Waals surface area contributed by atoms with Crippen LogP contribution in [0.1, 0.15) is 19.3 Å². The molecule has 1 fully saturated rings. The molecule has 1 aliphatic rings. The van der Waals surface area contributed by atoms with Crippen molar-refractivity contribution in [2.24, 2.45) is 11.5 Å². The third-order valence-corrected chi connectivity index (χ3v) is 1.83. The van der Waals surface area contributed by atoms with Gasteiger partial charge in [0.15, 0.2) is 0 Å². The standard InChI is InChI=1S/C7H14N2O2/c8-5-3-6(4-5)11-2-1-7(9)10/h5-6H,1-4,8H2,(H2,9,10). The van der Waals surface area contributed by atoms with Gasteiger partial charge in [-0.1, -0.05) is 0 Å². The zero-order valence-corrected chi connectivity index (χ0v) is 6.45. The molecule has 4 nitrogen and oxygen atoms in total. The minimum absolute atomic E-state index is 0.268. The van der Waals surface area contributed by atoms with Crippen LogP contribution in [0.15, 0.2) is 0 Å². The summed E-state index contributed by atoms with van der Waals surface area (Å²) in [6.07, 6.45) is 2.41. The Balaban J connectivity index is 1.92. The molecule has 4 heteroatoms. The molecule has 0 aromatic heterocycles. The first-order valence-electron chi connectivity index (χ1n) is 3.84. The van der Waals surface area contributed by atoms with Crippen LogP contribution in [0.5, 0.6) is 0 Å². The van der Waals surface area contributed by atoms with Crippen LogP contribution in [-0.4, -0.2) is 24.7 Å². The number of carbonyl (C=O) groups excluding carboxylic acids is 1. The van der Waals surface area contributed by atoms with Gasteiger partial charge in [0.1, 0.15) is 0 Å². The molecule has 0 aromatic rings. The van der Waals surface area contributed by atoms with Gasteiger partial charge in [-0.05, 0) is 12.8 Å². The summed E-state index contributed by atoms with van der Waals surface area (Å²) in [5, 5.41) is 0. The molecule has 1 rings (SSSR count). The van der Waals surface area contributed by atoms with Crippen LogP contribution in [0.2, 0.25) is 0 Å². The van der Waals surface area contributed by atoms with Gasteiger partial charge in [0, 0.05) is 12.5 Å². The average Bonchev–Trinajstić information content (AvgIpc) is 1.83. The lowest BCUT2D eigenvalue weighted by Crippen LogP contribution is -2.41. The quantitative estimate of drug-likeness (QED) is 0.571. The van der Waals surface area contributed by atoms with Gasteiger partial charge in [-0.3, -0.25) is 4.79 Å². The molecular formula is C7H14N2O2. The van der Waals surface area contributed by atoms with Crippen molar-refractivity contribution < 1.29 is 9.53 Å². The molecule has 11 heavy (non-hydrogen) atoms. The van der Waals surface area contributed by atoms with Gasteiger partial charge in [-0.2, -0.15) is 0 Å². The lowest BCUT2D eigenvalue weighted by molar-refractivity contribution is -0.120. The van der Waals surface area contributed by atoms with Gasteiger partial charge in [-0.15, -0.1) is 0 Å². The third kappa shape index (κ3) is 2.86. The number of nitrogens with two attached hydrogens (primary N) is 2. The number of primary amides is 1. The molecule has 1 saturated carbocycles. The highest BCUT2D eigenvalue weighted by Gasteiger charge is 2.26. The first-order valence-corrected chi connectivity index (χ1v) is 3.84. The van der Waals surface area contributed by atoms with Crippen molar-refractivity contribution in [1.29, 1.82) is 0 Å². The fourth-order valence-electron chi connectivity index (χ4n) is 1.07. The molecule has 4 N–H and O–H groups in total. The van der Waals surface area contributed by atoms with Crippen LogP contribution in [-0.2, 0) is 9.53 Å². The number of rotatable bonds is 4. The first kappa shape index (κ1) is 8.49. The van der Waals surface area contributed by atoms with Crippen molar-refractivity contribution in [2.45, 2.75) is 31.4 Å². The zero-order valence-electron chi connectivity index (χ0n) is 6.45. The molecule has 0 saturated heterocycles. The Labute approximate surface area is 65.9 Å². The molecule has 0 spiro atoms. The second kappa shape index (κ2) is 3.69. The molecule has 0 heterocycles. The van der Waals surface area contributed by atoms with Crippen LogP contribution in [0.4, 0.5) is 0 Å². The molecule has 0 aromatic carbocycles. The summed E-state index contributed by atoms with van der Waals surface area (Å²) in [4.78, 5) is 10.3. The van der Waals surface area contributed by atoms with E-state index in [0.29, 0.717) is 19.1 Å². The SMILES string of the molecule is NC(=O)CCOC1CC(N)C1. The summed E-state index contributed by atoms with van der Waals surface area (Å²) in [5.74, 6) is -0.311. The molecular weight excluding hydrogens is 144 g/mol. The van der Waals surface area contributed by atoms with Crippen molar-refractivity contribution in [3.63, 3.8) is 0 Å². The van der Waals surface area contributed by atoms with E-state index in [1.165, 1.54) is 0 Å². The van der Waals surface area contributed by atoms with Crippen molar-refractivity contribution in [3.8, 4) is 0 Å². The Morgan fingerprint density at radius 3 is 2.64 bits per heavy atom. The number of hydrogen-bond acceptors (Lipinski definition) is 3. The van der Waals surface area contributed by atoms with Crippen LogP contribution >= 0.6 is 0 Å². The zero-order chi connectivity index (χ0) is 8.27. The second-order valence-electron chi connectivity index (χ2n) is 2.94. The molecule has 1 aliphatic carbocycles. The third-order valence-electron chi connectivity index (χ3n) is 1.83. The Kier molecular flexibility index (Phi) is 2.84. The number of carbonyl (C=O) groups is 1. The molecule has 1 amide bonds. The summed E-state index contributed by atoms with van der Waals surface area (Å²) in [6, 6.07) is 0.300. The maximum atomic E-state index is 10.3. The highest BCUT2D eigenvalue weighted by atomic mass is 16.5. The van der Waals surface area contributed by atoms with E-state index in [9.17, 15) is 4.79 Å². The van der Waals surface area contributed by atoms with Gasteiger partial charge in [-0.25, -0.2) is 0 Å². The maximum Gasteiger partial charge on any atom is 0.219 e. The largest absolute Gasteiger partial charge is 0.378 e. The Hall–Kier alpha value is -0.610. The summed E-state index contributed by atoms with van der Waals surface area (Å²) < 4.78 is 5.28. The predicted octanol–water partition coefficient (Wildman–Crippen LogP) is -0.632. The first-order chi connectivity index (χ1) is 5.18. The van der Waals surface area contributed by atoms with Gasteiger partial charge >= 0.3 is 0 Å². The Bertz CT molecular complexity index is 143. The maximum absolute atomic E-state index is 10.3. The molecule has 0 unspecified atom stereocenters. The highest BCUT2D eigenvalue weighted by molar-refractivity contribution is 5.73. The van der Waals surface area contributed by atoms with E-state index >= 15 is 0 Å². The number of amides is 1. The normalized spacial score (nSPS) is 29.5. The summed E-state index contributed by atoms with van der Waals surface area (Å²) in [5.41, 5.74) is 10.5. The second-order valence-corrected chi connectivity index (χ2v) is 2.94. The minimum atomic E-state index is -0.311. The van der Waals surface area contributed by atoms with E-state index in [2.05, 4.69) is 0 Å². The molecule has 0 bridgehead atoms. The van der Waals surface area contributed by atoms with E-state index < -0.39 is 0 Å². The van der Waals surface area contributed by atoms with E-state index in [-0.39, 0.29) is 12.0 Å².